The Kier molecular flexibility index (Phi) is 9.92. The summed E-state index contributed by atoms with van der Waals surface area (Å²) in [5, 5.41) is 2.35. The number of hydrogen-bond acceptors (Lipinski definition) is 14. The largest absolute Gasteiger partial charge is 0.292 e. The first kappa shape index (κ1) is 46.3. The zero-order valence-electron chi connectivity index (χ0n) is 44.3. The highest BCUT2D eigenvalue weighted by Crippen LogP contribution is 2.57. The van der Waals surface area contributed by atoms with Gasteiger partial charge in [0.2, 0.25) is 0 Å². The molecule has 15 aromatic rings. The molecule has 2 aliphatic heterocycles. The van der Waals surface area contributed by atoms with Crippen molar-refractivity contribution in [3.05, 3.63) is 224 Å². The fraction of sp³-hybridized carbons (Fsp3) is 0.0909. The van der Waals surface area contributed by atoms with E-state index < -0.39 is 0 Å². The van der Waals surface area contributed by atoms with Gasteiger partial charge in [0.05, 0.1) is 40.0 Å². The zero-order valence-corrected chi connectivity index (χ0v) is 44.3. The Bertz CT molecular complexity index is 4760. The van der Waals surface area contributed by atoms with Crippen LogP contribution in [0.5, 0.6) is 0 Å². The minimum Gasteiger partial charge on any atom is -0.292 e. The summed E-state index contributed by atoms with van der Waals surface area (Å²) in [5.41, 5.74) is 18.6. The molecule has 0 fully saturated rings. The van der Waals surface area contributed by atoms with Crippen LogP contribution < -0.4 is 9.80 Å². The summed E-state index contributed by atoms with van der Waals surface area (Å²) >= 11 is 0. The van der Waals surface area contributed by atoms with Crippen LogP contribution >= 0.6 is 0 Å². The fourth-order valence-electron chi connectivity index (χ4n) is 12.6. The Morgan fingerprint density at radius 3 is 0.901 bits per heavy atom. The quantitative estimate of drug-likeness (QED) is 0.153. The van der Waals surface area contributed by atoms with Gasteiger partial charge >= 0.3 is 0 Å². The van der Waals surface area contributed by atoms with Crippen LogP contribution in [-0.2, 0) is 10.8 Å². The van der Waals surface area contributed by atoms with Gasteiger partial charge in [-0.1, -0.05) is 137 Å². The third-order valence-electron chi connectivity index (χ3n) is 16.3. The average molecular weight is 1050 g/mol. The van der Waals surface area contributed by atoms with Crippen molar-refractivity contribution in [2.75, 3.05) is 9.80 Å². The summed E-state index contributed by atoms with van der Waals surface area (Å²) in [6.07, 6.45) is 15.2. The van der Waals surface area contributed by atoms with Crippen molar-refractivity contribution in [3.63, 3.8) is 0 Å². The second kappa shape index (κ2) is 17.4. The predicted octanol–water partition coefficient (Wildman–Crippen LogP) is 14.3. The standard InChI is InChI=1S/C42H32N8.C24H13N7/c1-41(2)25-13-5-9-17-29(25)49(30-18-10-6-14-26(30)41)39-40(50-31-19-11-7-15-27(31)42(3,4)28-16-8-12-20-32(28)50)48-38-36-34(44-22-24-46-36)33-35(37(38)47-39)45-23-21-43-33;1-3-7-16-14(5-1)15-6-2-4-8-17(15)31(16)18-13-29-23-21-19(25-9-10-27-21)20-22(24(23)30-18)28-12-11-26-20/h5-24H,1-4H3;1-13H. The molecular formula is C66H45N15. The number of rotatable bonds is 3. The Balaban J connectivity index is 0.000000149. The van der Waals surface area contributed by atoms with Crippen LogP contribution in [0.15, 0.2) is 201 Å². The Morgan fingerprint density at radius 1 is 0.284 bits per heavy atom. The first-order chi connectivity index (χ1) is 39.8. The van der Waals surface area contributed by atoms with Gasteiger partial charge < -0.3 is 0 Å². The molecule has 0 unspecified atom stereocenters. The summed E-state index contributed by atoms with van der Waals surface area (Å²) in [6, 6.07) is 51.2. The maximum atomic E-state index is 5.63. The van der Waals surface area contributed by atoms with Crippen molar-refractivity contribution in [2.45, 2.75) is 38.5 Å². The highest BCUT2D eigenvalue weighted by Gasteiger charge is 2.42. The maximum absolute atomic E-state index is 5.63. The van der Waals surface area contributed by atoms with Gasteiger partial charge in [-0.05, 0) is 58.7 Å². The number of para-hydroxylation sites is 6. The van der Waals surface area contributed by atoms with E-state index in [1.165, 1.54) is 33.0 Å². The molecule has 7 aromatic heterocycles. The summed E-state index contributed by atoms with van der Waals surface area (Å²) < 4.78 is 2.14. The zero-order chi connectivity index (χ0) is 54.1. The highest BCUT2D eigenvalue weighted by molar-refractivity contribution is 6.20. The maximum Gasteiger partial charge on any atom is 0.182 e. The molecule has 0 spiro atoms. The van der Waals surface area contributed by atoms with Crippen LogP contribution in [0.1, 0.15) is 49.9 Å². The Morgan fingerprint density at radius 2 is 0.556 bits per heavy atom. The van der Waals surface area contributed by atoms with Crippen molar-refractivity contribution in [3.8, 4) is 5.82 Å². The lowest BCUT2D eigenvalue weighted by Crippen LogP contribution is -2.34. The van der Waals surface area contributed by atoms with Gasteiger partial charge in [0.1, 0.15) is 66.2 Å². The van der Waals surface area contributed by atoms with Gasteiger partial charge in [0, 0.05) is 71.2 Å². The van der Waals surface area contributed by atoms with E-state index in [2.05, 4.69) is 195 Å². The molecule has 15 heteroatoms. The van der Waals surface area contributed by atoms with E-state index in [9.17, 15) is 0 Å². The number of hydrogen-bond donors (Lipinski definition) is 0. The number of fused-ring (bicyclic) bond motifs is 19. The predicted molar refractivity (Wildman–Crippen MR) is 319 cm³/mol. The normalized spacial score (nSPS) is 14.1. The van der Waals surface area contributed by atoms with Gasteiger partial charge in [-0.2, -0.15) is 0 Å². The van der Waals surface area contributed by atoms with Crippen molar-refractivity contribution in [2.24, 2.45) is 0 Å². The number of anilines is 6. The molecule has 81 heavy (non-hydrogen) atoms. The first-order valence-electron chi connectivity index (χ1n) is 26.8. The number of benzene rings is 8. The molecule has 15 nitrogen and oxygen atoms in total. The van der Waals surface area contributed by atoms with Crippen molar-refractivity contribution < 1.29 is 0 Å². The third-order valence-corrected chi connectivity index (χ3v) is 16.3. The van der Waals surface area contributed by atoms with Crippen LogP contribution in [0.3, 0.4) is 0 Å². The minimum absolute atomic E-state index is 0.244. The summed E-state index contributed by atoms with van der Waals surface area (Å²) in [6.45, 7) is 9.18. The van der Waals surface area contributed by atoms with E-state index in [1.807, 2.05) is 12.1 Å². The van der Waals surface area contributed by atoms with Crippen LogP contribution in [0, 0.1) is 0 Å². The lowest BCUT2D eigenvalue weighted by atomic mass is 9.73. The first-order valence-corrected chi connectivity index (χ1v) is 26.8. The molecule has 384 valence electrons. The molecule has 0 saturated carbocycles. The average Bonchev–Trinajstić information content (AvgIpc) is 4.00. The molecule has 0 N–H and O–H groups in total. The van der Waals surface area contributed by atoms with Crippen LogP contribution in [0.4, 0.5) is 34.4 Å². The van der Waals surface area contributed by atoms with Crippen molar-refractivity contribution in [1.82, 2.24) is 64.4 Å². The highest BCUT2D eigenvalue weighted by atomic mass is 15.3. The van der Waals surface area contributed by atoms with E-state index in [1.54, 1.807) is 55.8 Å². The lowest BCUT2D eigenvalue weighted by molar-refractivity contribution is 0.629. The Labute approximate surface area is 462 Å². The van der Waals surface area contributed by atoms with E-state index in [-0.39, 0.29) is 10.8 Å². The number of aromatic nitrogens is 13. The van der Waals surface area contributed by atoms with E-state index >= 15 is 0 Å². The van der Waals surface area contributed by atoms with Gasteiger partial charge in [0.15, 0.2) is 17.5 Å². The van der Waals surface area contributed by atoms with E-state index in [0.29, 0.717) is 77.8 Å². The molecule has 0 saturated heterocycles. The van der Waals surface area contributed by atoms with Crippen molar-refractivity contribution >= 4 is 122 Å². The van der Waals surface area contributed by atoms with Crippen LogP contribution in [0.25, 0.3) is 93.8 Å². The summed E-state index contributed by atoms with van der Waals surface area (Å²) in [5.74, 6) is 2.10. The molecule has 17 rings (SSSR count). The summed E-state index contributed by atoms with van der Waals surface area (Å²) in [4.78, 5) is 62.8. The minimum atomic E-state index is -0.244. The Hall–Kier alpha value is -10.8. The van der Waals surface area contributed by atoms with Gasteiger partial charge in [-0.15, -0.1) is 0 Å². The lowest BCUT2D eigenvalue weighted by Gasteiger charge is -2.44. The SMILES string of the molecule is CC1(C)c2ccccc2N(c2nc3c4nccnc4c4nccnc4c3nc2N2c3ccccc3C(C)(C)c3ccccc32)c2ccccc21.c1ccc2c(c1)c1ccccc1n2-c1cnc2c3nccnc3c3nccnc3c2n1. The van der Waals surface area contributed by atoms with Crippen molar-refractivity contribution in [1.29, 1.82) is 0 Å². The molecule has 0 radical (unpaired) electrons. The molecule has 2 aliphatic rings. The van der Waals surface area contributed by atoms with E-state index in [0.717, 1.165) is 39.6 Å². The molecular weight excluding hydrogens is 1000 g/mol. The van der Waals surface area contributed by atoms with Crippen LogP contribution in [-0.4, -0.2) is 64.4 Å². The van der Waals surface area contributed by atoms with Crippen LogP contribution in [0.2, 0.25) is 0 Å². The molecule has 0 aliphatic carbocycles. The topological polar surface area (TPSA) is 166 Å². The van der Waals surface area contributed by atoms with Gasteiger partial charge in [-0.3, -0.25) is 54.2 Å². The summed E-state index contributed by atoms with van der Waals surface area (Å²) in [7, 11) is 0. The van der Waals surface area contributed by atoms with Gasteiger partial charge in [-0.25, -0.2) is 19.9 Å². The molecule has 0 bridgehead atoms. The van der Waals surface area contributed by atoms with E-state index in [4.69, 9.17) is 39.9 Å². The third kappa shape index (κ3) is 6.69. The smallest absolute Gasteiger partial charge is 0.182 e. The fourth-order valence-corrected chi connectivity index (χ4v) is 12.6. The monoisotopic (exact) mass is 1050 g/mol. The molecule has 0 amide bonds. The second-order valence-corrected chi connectivity index (χ2v) is 21.4. The number of nitrogens with zero attached hydrogens (tertiary/aromatic N) is 15. The molecule has 9 heterocycles. The second-order valence-electron chi connectivity index (χ2n) is 21.4. The molecule has 0 atom stereocenters. The molecule has 8 aromatic carbocycles. The van der Waals surface area contributed by atoms with Gasteiger partial charge in [0.25, 0.3) is 0 Å².